The first-order valence-corrected chi connectivity index (χ1v) is 11.4. The summed E-state index contributed by atoms with van der Waals surface area (Å²) < 4.78 is 5.16. The Kier molecular flexibility index (Phi) is 6.66. The molecule has 0 radical (unpaired) electrons. The minimum Gasteiger partial charge on any atom is -0.452 e. The number of thiophene rings is 1. The maximum atomic E-state index is 12.3. The summed E-state index contributed by atoms with van der Waals surface area (Å²) in [6.07, 6.45) is 3.21. The molecule has 0 aliphatic heterocycles. The number of nitrogens with one attached hydrogen (secondary N) is 2. The number of esters is 1. The second-order valence-corrected chi connectivity index (χ2v) is 8.81. The molecule has 1 fully saturated rings. The van der Waals surface area contributed by atoms with Gasteiger partial charge in [0, 0.05) is 17.6 Å². The third-order valence-electron chi connectivity index (χ3n) is 5.78. The van der Waals surface area contributed by atoms with Crippen molar-refractivity contribution in [2.24, 2.45) is 0 Å². The zero-order valence-corrected chi connectivity index (χ0v) is 18.3. The number of carbonyl (C=O) groups excluding carboxylic acids is 3. The van der Waals surface area contributed by atoms with Crippen LogP contribution in [0, 0.1) is 0 Å². The van der Waals surface area contributed by atoms with Crippen LogP contribution in [-0.2, 0) is 14.9 Å². The normalized spacial score (nSPS) is 14.1. The Morgan fingerprint density at radius 2 is 1.69 bits per heavy atom. The zero-order valence-electron chi connectivity index (χ0n) is 17.5. The Hall–Kier alpha value is -3.45. The second kappa shape index (κ2) is 9.78. The summed E-state index contributed by atoms with van der Waals surface area (Å²) in [7, 11) is 0. The number of rotatable bonds is 8. The highest BCUT2D eigenvalue weighted by Crippen LogP contribution is 2.43. The van der Waals surface area contributed by atoms with Crippen molar-refractivity contribution < 1.29 is 19.1 Å². The largest absolute Gasteiger partial charge is 0.452 e. The number of benzene rings is 2. The first kappa shape index (κ1) is 21.8. The SMILES string of the molecule is O=C(COC(=O)c1ccc(NC(=O)c2cccs2)cc1)NCC1(c2ccccc2)CCC1. The van der Waals surface area contributed by atoms with E-state index in [1.807, 2.05) is 29.6 Å². The fourth-order valence-electron chi connectivity index (χ4n) is 3.79. The van der Waals surface area contributed by atoms with Gasteiger partial charge in [-0.05, 0) is 54.1 Å². The molecule has 1 saturated carbocycles. The molecular formula is C25H24N2O4S. The predicted octanol–water partition coefficient (Wildman–Crippen LogP) is 4.40. The summed E-state index contributed by atoms with van der Waals surface area (Å²) in [5.41, 5.74) is 2.09. The lowest BCUT2D eigenvalue weighted by molar-refractivity contribution is -0.124. The van der Waals surface area contributed by atoms with Crippen molar-refractivity contribution >= 4 is 34.8 Å². The number of amides is 2. The summed E-state index contributed by atoms with van der Waals surface area (Å²) in [6, 6.07) is 20.1. The van der Waals surface area contributed by atoms with Gasteiger partial charge in [0.2, 0.25) is 0 Å². The number of hydrogen-bond acceptors (Lipinski definition) is 5. The average molecular weight is 449 g/mol. The van der Waals surface area contributed by atoms with E-state index in [1.165, 1.54) is 16.9 Å². The molecule has 1 aromatic heterocycles. The standard InChI is InChI=1S/C25H24N2O4S/c28-22(26-17-25(13-5-14-25)19-6-2-1-3-7-19)16-31-24(30)18-9-11-20(12-10-18)27-23(29)21-8-4-15-32-21/h1-4,6-12,15H,5,13-14,16-17H2,(H,26,28)(H,27,29). The maximum Gasteiger partial charge on any atom is 0.338 e. The molecule has 2 amide bonds. The van der Waals surface area contributed by atoms with Crippen molar-refractivity contribution in [1.82, 2.24) is 5.32 Å². The van der Waals surface area contributed by atoms with Gasteiger partial charge in [0.1, 0.15) is 0 Å². The van der Waals surface area contributed by atoms with Crippen LogP contribution in [-0.4, -0.2) is 30.9 Å². The second-order valence-electron chi connectivity index (χ2n) is 7.86. The molecule has 164 valence electrons. The first-order valence-electron chi connectivity index (χ1n) is 10.5. The molecule has 6 nitrogen and oxygen atoms in total. The topological polar surface area (TPSA) is 84.5 Å². The van der Waals surface area contributed by atoms with Crippen LogP contribution in [0.1, 0.15) is 44.9 Å². The average Bonchev–Trinajstić information content (AvgIpc) is 3.33. The maximum absolute atomic E-state index is 12.3. The van der Waals surface area contributed by atoms with Crippen LogP contribution in [0.5, 0.6) is 0 Å². The number of hydrogen-bond donors (Lipinski definition) is 2. The van der Waals surface area contributed by atoms with Crippen molar-refractivity contribution in [3.63, 3.8) is 0 Å². The van der Waals surface area contributed by atoms with E-state index in [-0.39, 0.29) is 23.8 Å². The van der Waals surface area contributed by atoms with Crippen LogP contribution >= 0.6 is 11.3 Å². The van der Waals surface area contributed by atoms with Crippen LogP contribution in [0.25, 0.3) is 0 Å². The van der Waals surface area contributed by atoms with Crippen molar-refractivity contribution in [2.45, 2.75) is 24.7 Å². The Morgan fingerprint density at radius 1 is 0.938 bits per heavy atom. The lowest BCUT2D eigenvalue weighted by atomic mass is 9.64. The lowest BCUT2D eigenvalue weighted by Crippen LogP contribution is -2.46. The molecule has 3 aromatic rings. The van der Waals surface area contributed by atoms with Crippen LogP contribution < -0.4 is 10.6 Å². The Labute approximate surface area is 190 Å². The molecule has 2 N–H and O–H groups in total. The van der Waals surface area contributed by atoms with Gasteiger partial charge >= 0.3 is 5.97 Å². The molecule has 4 rings (SSSR count). The fourth-order valence-corrected chi connectivity index (χ4v) is 4.41. The molecular weight excluding hydrogens is 424 g/mol. The van der Waals surface area contributed by atoms with Gasteiger partial charge in [-0.3, -0.25) is 9.59 Å². The van der Waals surface area contributed by atoms with Gasteiger partial charge in [-0.2, -0.15) is 0 Å². The van der Waals surface area contributed by atoms with Gasteiger partial charge in [0.05, 0.1) is 10.4 Å². The van der Waals surface area contributed by atoms with Crippen molar-refractivity contribution in [1.29, 1.82) is 0 Å². The van der Waals surface area contributed by atoms with E-state index < -0.39 is 5.97 Å². The zero-order chi connectivity index (χ0) is 22.4. The van der Waals surface area contributed by atoms with Crippen molar-refractivity contribution in [2.75, 3.05) is 18.5 Å². The molecule has 0 bridgehead atoms. The summed E-state index contributed by atoms with van der Waals surface area (Å²) in [4.78, 5) is 37.2. The molecule has 0 saturated heterocycles. The molecule has 1 heterocycles. The van der Waals surface area contributed by atoms with Crippen LogP contribution in [0.3, 0.4) is 0 Å². The Bertz CT molecular complexity index is 1070. The van der Waals surface area contributed by atoms with Gasteiger partial charge < -0.3 is 15.4 Å². The first-order chi connectivity index (χ1) is 15.6. The number of ether oxygens (including phenoxy) is 1. The highest BCUT2D eigenvalue weighted by Gasteiger charge is 2.38. The van der Waals surface area contributed by atoms with Gasteiger partial charge in [-0.15, -0.1) is 11.3 Å². The van der Waals surface area contributed by atoms with E-state index in [0.717, 1.165) is 19.3 Å². The summed E-state index contributed by atoms with van der Waals surface area (Å²) in [6.45, 7) is 0.201. The minimum atomic E-state index is -0.585. The predicted molar refractivity (Wildman–Crippen MR) is 124 cm³/mol. The molecule has 0 spiro atoms. The van der Waals surface area contributed by atoms with Gasteiger partial charge in [-0.25, -0.2) is 4.79 Å². The van der Waals surface area contributed by atoms with Crippen molar-refractivity contribution in [3.05, 3.63) is 88.1 Å². The molecule has 1 aliphatic carbocycles. The van der Waals surface area contributed by atoms with Crippen molar-refractivity contribution in [3.8, 4) is 0 Å². The van der Waals surface area contributed by atoms with Gasteiger partial charge in [0.25, 0.3) is 11.8 Å². The third kappa shape index (κ3) is 5.06. The Morgan fingerprint density at radius 3 is 2.31 bits per heavy atom. The lowest BCUT2D eigenvalue weighted by Gasteiger charge is -2.42. The number of anilines is 1. The van der Waals surface area contributed by atoms with E-state index in [4.69, 9.17) is 4.74 Å². The molecule has 0 atom stereocenters. The smallest absolute Gasteiger partial charge is 0.338 e. The van der Waals surface area contributed by atoms with E-state index in [0.29, 0.717) is 22.7 Å². The van der Waals surface area contributed by atoms with E-state index in [2.05, 4.69) is 22.8 Å². The molecule has 1 aliphatic rings. The monoisotopic (exact) mass is 448 g/mol. The quantitative estimate of drug-likeness (QED) is 0.501. The summed E-state index contributed by atoms with van der Waals surface area (Å²) >= 11 is 1.35. The van der Waals surface area contributed by atoms with Gasteiger partial charge in [-0.1, -0.05) is 42.8 Å². The van der Waals surface area contributed by atoms with Gasteiger partial charge in [0.15, 0.2) is 6.61 Å². The Balaban J connectivity index is 1.24. The van der Waals surface area contributed by atoms with Crippen LogP contribution in [0.4, 0.5) is 5.69 Å². The van der Waals surface area contributed by atoms with Crippen LogP contribution in [0.2, 0.25) is 0 Å². The van der Waals surface area contributed by atoms with E-state index in [1.54, 1.807) is 30.3 Å². The van der Waals surface area contributed by atoms with Crippen LogP contribution in [0.15, 0.2) is 72.1 Å². The summed E-state index contributed by atoms with van der Waals surface area (Å²) in [5, 5.41) is 7.51. The van der Waals surface area contributed by atoms with E-state index in [9.17, 15) is 14.4 Å². The molecule has 2 aromatic carbocycles. The fraction of sp³-hybridized carbons (Fsp3) is 0.240. The highest BCUT2D eigenvalue weighted by atomic mass is 32.1. The minimum absolute atomic E-state index is 0.0235. The molecule has 32 heavy (non-hydrogen) atoms. The third-order valence-corrected chi connectivity index (χ3v) is 6.65. The summed E-state index contributed by atoms with van der Waals surface area (Å²) in [5.74, 6) is -1.11. The highest BCUT2D eigenvalue weighted by molar-refractivity contribution is 7.12. The number of carbonyl (C=O) groups is 3. The molecule has 0 unspecified atom stereocenters. The molecule has 7 heteroatoms. The van der Waals surface area contributed by atoms with E-state index >= 15 is 0 Å².